The van der Waals surface area contributed by atoms with Crippen LogP contribution in [0.5, 0.6) is 0 Å². The molecule has 0 aliphatic heterocycles. The lowest BCUT2D eigenvalue weighted by molar-refractivity contribution is 0.834. The Morgan fingerprint density at radius 2 is 1.95 bits per heavy atom. The monoisotopic (exact) mass is 309 g/mol. The van der Waals surface area contributed by atoms with Crippen LogP contribution in [0.3, 0.4) is 0 Å². The molecule has 0 spiro atoms. The number of benzene rings is 1. The van der Waals surface area contributed by atoms with Crippen LogP contribution in [0.25, 0.3) is 11.3 Å². The zero-order valence-electron chi connectivity index (χ0n) is 11.8. The second kappa shape index (κ2) is 6.42. The molecule has 0 amide bonds. The van der Waals surface area contributed by atoms with E-state index in [9.17, 15) is 0 Å². The molecule has 0 atom stereocenters. The van der Waals surface area contributed by atoms with Gasteiger partial charge in [0.1, 0.15) is 11.6 Å². The van der Waals surface area contributed by atoms with Gasteiger partial charge in [0.25, 0.3) is 0 Å². The SMILES string of the molecule is CCCc1nc(NC)c(C)c(-c2cccc(Cl)c2Cl)n1. The highest BCUT2D eigenvalue weighted by Crippen LogP contribution is 2.35. The smallest absolute Gasteiger partial charge is 0.132 e. The van der Waals surface area contributed by atoms with Crippen molar-refractivity contribution in [3.8, 4) is 11.3 Å². The molecular formula is C15H17Cl2N3. The van der Waals surface area contributed by atoms with Gasteiger partial charge in [0, 0.05) is 24.6 Å². The fraction of sp³-hybridized carbons (Fsp3) is 0.333. The lowest BCUT2D eigenvalue weighted by atomic mass is 10.1. The van der Waals surface area contributed by atoms with E-state index in [0.29, 0.717) is 10.0 Å². The number of hydrogen-bond donors (Lipinski definition) is 1. The van der Waals surface area contributed by atoms with E-state index in [0.717, 1.165) is 41.3 Å². The minimum Gasteiger partial charge on any atom is -0.373 e. The number of rotatable bonds is 4. The first-order valence-corrected chi connectivity index (χ1v) is 7.33. The third-order valence-corrected chi connectivity index (χ3v) is 3.93. The first-order chi connectivity index (χ1) is 9.58. The lowest BCUT2D eigenvalue weighted by Gasteiger charge is -2.13. The van der Waals surface area contributed by atoms with Crippen molar-refractivity contribution in [2.45, 2.75) is 26.7 Å². The predicted octanol–water partition coefficient (Wildman–Crippen LogP) is 4.75. The highest BCUT2D eigenvalue weighted by Gasteiger charge is 2.15. The van der Waals surface area contributed by atoms with Crippen molar-refractivity contribution in [1.82, 2.24) is 9.97 Å². The van der Waals surface area contributed by atoms with Gasteiger partial charge in [-0.3, -0.25) is 0 Å². The highest BCUT2D eigenvalue weighted by atomic mass is 35.5. The Labute approximate surface area is 129 Å². The summed E-state index contributed by atoms with van der Waals surface area (Å²) in [7, 11) is 1.86. The van der Waals surface area contributed by atoms with E-state index < -0.39 is 0 Å². The van der Waals surface area contributed by atoms with E-state index in [1.165, 1.54) is 0 Å². The number of aromatic nitrogens is 2. The minimum absolute atomic E-state index is 0.528. The quantitative estimate of drug-likeness (QED) is 0.885. The maximum absolute atomic E-state index is 6.31. The summed E-state index contributed by atoms with van der Waals surface area (Å²) in [5.41, 5.74) is 2.64. The van der Waals surface area contributed by atoms with Gasteiger partial charge in [-0.1, -0.05) is 42.3 Å². The van der Waals surface area contributed by atoms with Crippen molar-refractivity contribution in [2.24, 2.45) is 0 Å². The summed E-state index contributed by atoms with van der Waals surface area (Å²) in [6.45, 7) is 4.09. The van der Waals surface area contributed by atoms with Gasteiger partial charge in [-0.15, -0.1) is 0 Å². The van der Waals surface area contributed by atoms with Gasteiger partial charge in [0.2, 0.25) is 0 Å². The maximum Gasteiger partial charge on any atom is 0.132 e. The zero-order chi connectivity index (χ0) is 14.7. The van der Waals surface area contributed by atoms with Crippen molar-refractivity contribution < 1.29 is 0 Å². The normalized spacial score (nSPS) is 10.7. The van der Waals surface area contributed by atoms with Gasteiger partial charge >= 0.3 is 0 Å². The fourth-order valence-corrected chi connectivity index (χ4v) is 2.48. The number of nitrogens with one attached hydrogen (secondary N) is 1. The van der Waals surface area contributed by atoms with Gasteiger partial charge in [-0.25, -0.2) is 9.97 Å². The minimum atomic E-state index is 0.528. The van der Waals surface area contributed by atoms with Crippen LogP contribution in [-0.4, -0.2) is 17.0 Å². The summed E-state index contributed by atoms with van der Waals surface area (Å²) in [5.74, 6) is 1.64. The van der Waals surface area contributed by atoms with Gasteiger partial charge in [0.15, 0.2) is 0 Å². The van der Waals surface area contributed by atoms with E-state index >= 15 is 0 Å². The lowest BCUT2D eigenvalue weighted by Crippen LogP contribution is -2.05. The second-order valence-corrected chi connectivity index (χ2v) is 5.35. The molecule has 0 fully saturated rings. The molecule has 1 aromatic heterocycles. The van der Waals surface area contributed by atoms with Crippen molar-refractivity contribution in [2.75, 3.05) is 12.4 Å². The topological polar surface area (TPSA) is 37.8 Å². The average Bonchev–Trinajstić information content (AvgIpc) is 2.44. The van der Waals surface area contributed by atoms with Crippen molar-refractivity contribution in [3.63, 3.8) is 0 Å². The van der Waals surface area contributed by atoms with Crippen LogP contribution in [-0.2, 0) is 6.42 Å². The Hall–Kier alpha value is -1.32. The maximum atomic E-state index is 6.31. The number of hydrogen-bond acceptors (Lipinski definition) is 3. The molecule has 0 saturated carbocycles. The van der Waals surface area contributed by atoms with Gasteiger partial charge in [-0.2, -0.15) is 0 Å². The van der Waals surface area contributed by atoms with Crippen LogP contribution in [0, 0.1) is 6.92 Å². The van der Waals surface area contributed by atoms with E-state index in [4.69, 9.17) is 23.2 Å². The Bertz CT molecular complexity index is 627. The summed E-state index contributed by atoms with van der Waals surface area (Å²) in [6.07, 6.45) is 1.83. The molecule has 106 valence electrons. The molecule has 0 radical (unpaired) electrons. The highest BCUT2D eigenvalue weighted by molar-refractivity contribution is 6.43. The predicted molar refractivity (Wildman–Crippen MR) is 85.8 cm³/mol. The zero-order valence-corrected chi connectivity index (χ0v) is 13.3. The van der Waals surface area contributed by atoms with Crippen LogP contribution >= 0.6 is 23.2 Å². The fourth-order valence-electron chi connectivity index (χ4n) is 2.09. The first kappa shape index (κ1) is 15.1. The van der Waals surface area contributed by atoms with Gasteiger partial charge < -0.3 is 5.32 Å². The third kappa shape index (κ3) is 2.89. The van der Waals surface area contributed by atoms with Crippen LogP contribution in [0.1, 0.15) is 24.7 Å². The average molecular weight is 310 g/mol. The van der Waals surface area contributed by atoms with Crippen LogP contribution in [0.2, 0.25) is 10.0 Å². The number of aryl methyl sites for hydroxylation is 1. The standard InChI is InChI=1S/C15H17Cl2N3/c1-4-6-12-19-14(9(2)15(18-3)20-12)10-7-5-8-11(16)13(10)17/h5,7-8H,4,6H2,1-3H3,(H,18,19,20). The van der Waals surface area contributed by atoms with E-state index in [1.54, 1.807) is 6.07 Å². The molecular weight excluding hydrogens is 293 g/mol. The molecule has 1 N–H and O–H groups in total. The van der Waals surface area contributed by atoms with Crippen LogP contribution < -0.4 is 5.32 Å². The molecule has 2 aromatic rings. The molecule has 1 heterocycles. The Kier molecular flexibility index (Phi) is 4.84. The Morgan fingerprint density at radius 3 is 2.60 bits per heavy atom. The molecule has 5 heteroatoms. The van der Waals surface area contributed by atoms with E-state index in [-0.39, 0.29) is 0 Å². The Morgan fingerprint density at radius 1 is 1.20 bits per heavy atom. The largest absolute Gasteiger partial charge is 0.373 e. The molecule has 0 unspecified atom stereocenters. The van der Waals surface area contributed by atoms with Gasteiger partial charge in [-0.05, 0) is 19.4 Å². The molecule has 20 heavy (non-hydrogen) atoms. The van der Waals surface area contributed by atoms with Crippen molar-refractivity contribution in [1.29, 1.82) is 0 Å². The number of anilines is 1. The summed E-state index contributed by atoms with van der Waals surface area (Å²) in [5, 5.41) is 4.17. The van der Waals surface area contributed by atoms with E-state index in [2.05, 4.69) is 22.2 Å². The van der Waals surface area contributed by atoms with Gasteiger partial charge in [0.05, 0.1) is 15.7 Å². The molecule has 3 nitrogen and oxygen atoms in total. The molecule has 0 bridgehead atoms. The second-order valence-electron chi connectivity index (χ2n) is 4.56. The Balaban J connectivity index is 2.65. The number of nitrogens with zero attached hydrogens (tertiary/aromatic N) is 2. The first-order valence-electron chi connectivity index (χ1n) is 6.58. The summed E-state index contributed by atoms with van der Waals surface area (Å²) >= 11 is 12.4. The van der Waals surface area contributed by atoms with Crippen LogP contribution in [0.15, 0.2) is 18.2 Å². The molecule has 0 aliphatic carbocycles. The van der Waals surface area contributed by atoms with Crippen LogP contribution in [0.4, 0.5) is 5.82 Å². The van der Waals surface area contributed by atoms with E-state index in [1.807, 2.05) is 26.1 Å². The van der Waals surface area contributed by atoms with Crippen molar-refractivity contribution in [3.05, 3.63) is 39.6 Å². The third-order valence-electron chi connectivity index (χ3n) is 3.11. The summed E-state index contributed by atoms with van der Waals surface area (Å²) in [4.78, 5) is 9.17. The molecule has 0 saturated heterocycles. The molecule has 1 aromatic carbocycles. The number of halogens is 2. The molecule has 2 rings (SSSR count). The summed E-state index contributed by atoms with van der Waals surface area (Å²) in [6, 6.07) is 5.58. The molecule has 0 aliphatic rings. The summed E-state index contributed by atoms with van der Waals surface area (Å²) < 4.78 is 0. The van der Waals surface area contributed by atoms with Crippen molar-refractivity contribution >= 4 is 29.0 Å².